The average molecular weight is 396 g/mol. The van der Waals surface area contributed by atoms with Gasteiger partial charge in [-0.2, -0.15) is 0 Å². The maximum atomic E-state index is 13.4. The van der Waals surface area contributed by atoms with Crippen LogP contribution in [0.1, 0.15) is 30.9 Å². The molecule has 3 N–H and O–H groups in total. The third-order valence-electron chi connectivity index (χ3n) is 4.32. The summed E-state index contributed by atoms with van der Waals surface area (Å²) < 4.78 is 13.4. The topological polar surface area (TPSA) is 104 Å². The minimum atomic E-state index is -1.07. The largest absolute Gasteiger partial charge is 0.481 e. The van der Waals surface area contributed by atoms with E-state index in [9.17, 15) is 14.0 Å². The standard InChI is InChI=1S/C21H21FN4O3/c22-16-6-1-4-15(12-16)17(13-20(28)29)25-19(27)7-3-10-23-18-9-8-14-5-2-11-24-21(14)26-18/h1-2,4-6,8-9,11-12,17H,3,7,10,13H2,(H,25,27)(H,28,29)(H,23,24,26). The first-order valence-electron chi connectivity index (χ1n) is 9.23. The molecule has 1 amide bonds. The van der Waals surface area contributed by atoms with Crippen LogP contribution in [0.4, 0.5) is 10.2 Å². The van der Waals surface area contributed by atoms with Gasteiger partial charge in [-0.05, 0) is 48.4 Å². The molecule has 3 rings (SSSR count). The lowest BCUT2D eigenvalue weighted by atomic mass is 10.0. The average Bonchev–Trinajstić information content (AvgIpc) is 2.70. The van der Waals surface area contributed by atoms with Crippen LogP contribution in [0.2, 0.25) is 0 Å². The van der Waals surface area contributed by atoms with Crippen LogP contribution in [0.5, 0.6) is 0 Å². The molecule has 29 heavy (non-hydrogen) atoms. The predicted molar refractivity (Wildman–Crippen MR) is 107 cm³/mol. The first-order valence-corrected chi connectivity index (χ1v) is 9.23. The first kappa shape index (κ1) is 20.2. The van der Waals surface area contributed by atoms with Crippen molar-refractivity contribution in [2.24, 2.45) is 0 Å². The molecule has 3 aromatic rings. The van der Waals surface area contributed by atoms with Crippen molar-refractivity contribution in [1.82, 2.24) is 15.3 Å². The molecule has 1 unspecified atom stereocenters. The highest BCUT2D eigenvalue weighted by Gasteiger charge is 2.18. The molecule has 8 heteroatoms. The monoisotopic (exact) mass is 396 g/mol. The fourth-order valence-corrected chi connectivity index (χ4v) is 2.93. The second-order valence-electron chi connectivity index (χ2n) is 6.55. The van der Waals surface area contributed by atoms with Gasteiger partial charge in [0, 0.05) is 24.5 Å². The summed E-state index contributed by atoms with van der Waals surface area (Å²) in [7, 11) is 0. The lowest BCUT2D eigenvalue weighted by molar-refractivity contribution is -0.137. The Morgan fingerprint density at radius 3 is 2.79 bits per heavy atom. The Labute approximate surface area is 167 Å². The number of carbonyl (C=O) groups is 2. The number of nitrogens with zero attached hydrogens (tertiary/aromatic N) is 2. The molecule has 7 nitrogen and oxygen atoms in total. The minimum Gasteiger partial charge on any atom is -0.481 e. The second-order valence-corrected chi connectivity index (χ2v) is 6.55. The molecule has 1 aromatic carbocycles. The molecule has 0 fully saturated rings. The van der Waals surface area contributed by atoms with E-state index in [1.54, 1.807) is 12.3 Å². The smallest absolute Gasteiger partial charge is 0.305 e. The highest BCUT2D eigenvalue weighted by molar-refractivity contribution is 5.78. The van der Waals surface area contributed by atoms with E-state index in [1.165, 1.54) is 18.2 Å². The maximum absolute atomic E-state index is 13.4. The Bertz CT molecular complexity index is 1010. The van der Waals surface area contributed by atoms with Crippen molar-refractivity contribution in [2.75, 3.05) is 11.9 Å². The number of hydrogen-bond donors (Lipinski definition) is 3. The number of aromatic nitrogens is 2. The zero-order valence-electron chi connectivity index (χ0n) is 15.6. The summed E-state index contributed by atoms with van der Waals surface area (Å²) in [5.74, 6) is -1.18. The molecule has 0 bridgehead atoms. The number of anilines is 1. The molecule has 0 aliphatic heterocycles. The van der Waals surface area contributed by atoms with Gasteiger partial charge in [-0.3, -0.25) is 9.59 Å². The number of amides is 1. The number of carbonyl (C=O) groups excluding carboxylic acids is 1. The summed E-state index contributed by atoms with van der Waals surface area (Å²) in [6, 6.07) is 12.3. The van der Waals surface area contributed by atoms with Gasteiger partial charge < -0.3 is 15.7 Å². The van der Waals surface area contributed by atoms with E-state index < -0.39 is 17.8 Å². The fraction of sp³-hybridized carbons (Fsp3) is 0.238. The summed E-state index contributed by atoms with van der Waals surface area (Å²) in [5.41, 5.74) is 1.06. The molecule has 2 aromatic heterocycles. The van der Waals surface area contributed by atoms with Gasteiger partial charge in [0.05, 0.1) is 12.5 Å². The number of carboxylic acids is 1. The van der Waals surface area contributed by atoms with E-state index in [0.717, 1.165) is 5.39 Å². The number of rotatable bonds is 9. The molecule has 150 valence electrons. The van der Waals surface area contributed by atoms with Crippen molar-refractivity contribution in [3.05, 3.63) is 66.1 Å². The van der Waals surface area contributed by atoms with Crippen LogP contribution in [0.3, 0.4) is 0 Å². The van der Waals surface area contributed by atoms with Gasteiger partial charge in [0.1, 0.15) is 11.6 Å². The van der Waals surface area contributed by atoms with E-state index in [0.29, 0.717) is 30.0 Å². The highest BCUT2D eigenvalue weighted by atomic mass is 19.1. The Morgan fingerprint density at radius 1 is 1.14 bits per heavy atom. The van der Waals surface area contributed by atoms with Crippen LogP contribution in [0.15, 0.2) is 54.7 Å². The van der Waals surface area contributed by atoms with Crippen LogP contribution < -0.4 is 10.6 Å². The number of halogens is 1. The molecular weight excluding hydrogens is 375 g/mol. The normalized spacial score (nSPS) is 11.8. The summed E-state index contributed by atoms with van der Waals surface area (Å²) in [6.45, 7) is 0.516. The van der Waals surface area contributed by atoms with Crippen molar-refractivity contribution in [1.29, 1.82) is 0 Å². The fourth-order valence-electron chi connectivity index (χ4n) is 2.93. The minimum absolute atomic E-state index is 0.199. The van der Waals surface area contributed by atoms with E-state index >= 15 is 0 Å². The molecule has 0 saturated heterocycles. The van der Waals surface area contributed by atoms with Crippen molar-refractivity contribution in [3.8, 4) is 0 Å². The van der Waals surface area contributed by atoms with Gasteiger partial charge in [-0.15, -0.1) is 0 Å². The van der Waals surface area contributed by atoms with Crippen molar-refractivity contribution >= 4 is 28.7 Å². The van der Waals surface area contributed by atoms with Crippen LogP contribution in [0.25, 0.3) is 11.0 Å². The number of fused-ring (bicyclic) bond motifs is 1. The molecule has 2 heterocycles. The summed E-state index contributed by atoms with van der Waals surface area (Å²) in [4.78, 5) is 31.9. The maximum Gasteiger partial charge on any atom is 0.305 e. The molecule has 0 aliphatic rings. The first-order chi connectivity index (χ1) is 14.0. The zero-order valence-corrected chi connectivity index (χ0v) is 15.6. The summed E-state index contributed by atoms with van der Waals surface area (Å²) in [5, 5.41) is 15.8. The van der Waals surface area contributed by atoms with E-state index in [-0.39, 0.29) is 18.7 Å². The van der Waals surface area contributed by atoms with Gasteiger partial charge >= 0.3 is 5.97 Å². The van der Waals surface area contributed by atoms with E-state index in [4.69, 9.17) is 5.11 Å². The van der Waals surface area contributed by atoms with E-state index in [1.807, 2.05) is 24.3 Å². The quantitative estimate of drug-likeness (QED) is 0.480. The lowest BCUT2D eigenvalue weighted by Crippen LogP contribution is -2.30. The Kier molecular flexibility index (Phi) is 6.67. The Morgan fingerprint density at radius 2 is 2.00 bits per heavy atom. The number of aliphatic carboxylic acids is 1. The number of carboxylic acid groups (broad SMARTS) is 1. The Balaban J connectivity index is 1.50. The van der Waals surface area contributed by atoms with E-state index in [2.05, 4.69) is 20.6 Å². The Hall–Kier alpha value is -3.55. The van der Waals surface area contributed by atoms with Crippen molar-refractivity contribution < 1.29 is 19.1 Å². The van der Waals surface area contributed by atoms with Crippen molar-refractivity contribution in [3.63, 3.8) is 0 Å². The second kappa shape index (κ2) is 9.59. The number of hydrogen-bond acceptors (Lipinski definition) is 5. The molecular formula is C21H21FN4O3. The third-order valence-corrected chi connectivity index (χ3v) is 4.32. The molecule has 1 atom stereocenters. The van der Waals surface area contributed by atoms with Gasteiger partial charge in [0.2, 0.25) is 5.91 Å². The zero-order chi connectivity index (χ0) is 20.6. The predicted octanol–water partition coefficient (Wildman–Crippen LogP) is 3.29. The van der Waals surface area contributed by atoms with Gasteiger partial charge in [-0.1, -0.05) is 12.1 Å². The number of pyridine rings is 2. The molecule has 0 radical (unpaired) electrons. The number of nitrogens with one attached hydrogen (secondary N) is 2. The SMILES string of the molecule is O=C(O)CC(NC(=O)CCCNc1ccc2cccnc2n1)c1cccc(F)c1. The van der Waals surface area contributed by atoms with Crippen LogP contribution >= 0.6 is 0 Å². The molecule has 0 saturated carbocycles. The van der Waals surface area contributed by atoms with Gasteiger partial charge in [-0.25, -0.2) is 14.4 Å². The van der Waals surface area contributed by atoms with Crippen LogP contribution in [-0.2, 0) is 9.59 Å². The van der Waals surface area contributed by atoms with Crippen LogP contribution in [0, 0.1) is 5.82 Å². The summed E-state index contributed by atoms with van der Waals surface area (Å²) in [6.07, 6.45) is 2.08. The van der Waals surface area contributed by atoms with Gasteiger partial charge in [0.15, 0.2) is 5.65 Å². The number of benzene rings is 1. The molecule has 0 spiro atoms. The van der Waals surface area contributed by atoms with Gasteiger partial charge in [0.25, 0.3) is 0 Å². The third kappa shape index (κ3) is 5.97. The lowest BCUT2D eigenvalue weighted by Gasteiger charge is -2.17. The highest BCUT2D eigenvalue weighted by Crippen LogP contribution is 2.18. The van der Waals surface area contributed by atoms with Crippen molar-refractivity contribution in [2.45, 2.75) is 25.3 Å². The van der Waals surface area contributed by atoms with Crippen LogP contribution in [-0.4, -0.2) is 33.5 Å². The summed E-state index contributed by atoms with van der Waals surface area (Å²) >= 11 is 0. The molecule has 0 aliphatic carbocycles.